The molecular weight excluding hydrogens is 520 g/mol. The van der Waals surface area contributed by atoms with Crippen molar-refractivity contribution in [1.82, 2.24) is 9.97 Å². The summed E-state index contributed by atoms with van der Waals surface area (Å²) in [5.74, 6) is 0. The van der Waals surface area contributed by atoms with Crippen molar-refractivity contribution >= 4 is 11.8 Å². The Labute approximate surface area is 243 Å². The van der Waals surface area contributed by atoms with Crippen LogP contribution in [0.3, 0.4) is 0 Å². The van der Waals surface area contributed by atoms with Crippen LogP contribution in [0, 0.1) is 22.7 Å². The molecule has 0 radical (unpaired) electrons. The lowest BCUT2D eigenvalue weighted by atomic mass is 9.99. The van der Waals surface area contributed by atoms with Gasteiger partial charge in [-0.25, -0.2) is 9.97 Å². The molecule has 2 heterocycles. The summed E-state index contributed by atoms with van der Waals surface area (Å²) in [4.78, 5) is 9.93. The highest BCUT2D eigenvalue weighted by Gasteiger charge is 2.21. The van der Waals surface area contributed by atoms with Gasteiger partial charge in [-0.05, 0) is 35.0 Å². The number of nitrogens with zero attached hydrogens (tertiary/aromatic N) is 4. The summed E-state index contributed by atoms with van der Waals surface area (Å²) in [6, 6.07) is 48.2. The van der Waals surface area contributed by atoms with Gasteiger partial charge in [0.2, 0.25) is 0 Å². The van der Waals surface area contributed by atoms with E-state index in [1.165, 1.54) is 11.8 Å². The molecule has 0 aliphatic rings. The zero-order chi connectivity index (χ0) is 28.0. The number of nitriles is 2. The van der Waals surface area contributed by atoms with E-state index in [9.17, 15) is 10.5 Å². The molecule has 41 heavy (non-hydrogen) atoms. The maximum absolute atomic E-state index is 10.4. The zero-order valence-electron chi connectivity index (χ0n) is 21.9. The van der Waals surface area contributed by atoms with Crippen LogP contribution in [0.1, 0.15) is 11.1 Å². The quantitative estimate of drug-likeness (QED) is 0.210. The molecule has 0 N–H and O–H groups in total. The first kappa shape index (κ1) is 25.8. The first-order chi connectivity index (χ1) is 20.2. The van der Waals surface area contributed by atoms with Crippen molar-refractivity contribution in [3.05, 3.63) is 145 Å². The van der Waals surface area contributed by atoms with Gasteiger partial charge in [0.15, 0.2) is 0 Å². The Morgan fingerprint density at radius 2 is 0.756 bits per heavy atom. The summed E-state index contributed by atoms with van der Waals surface area (Å²) in [6.45, 7) is 0. The summed E-state index contributed by atoms with van der Waals surface area (Å²) in [5.41, 5.74) is 7.65. The number of rotatable bonds is 6. The Balaban J connectivity index is 1.59. The highest BCUT2D eigenvalue weighted by Crippen LogP contribution is 2.40. The highest BCUT2D eigenvalue weighted by molar-refractivity contribution is 7.99. The SMILES string of the molecule is N#Cc1c(-c2ccccc2)cc(-c2ccccc2)nc1Sc1nc(-c2ccccc2)cc(-c2ccccc2)c1C#N. The maximum Gasteiger partial charge on any atom is 0.121 e. The number of benzene rings is 4. The van der Waals surface area contributed by atoms with Crippen molar-refractivity contribution in [1.29, 1.82) is 10.5 Å². The van der Waals surface area contributed by atoms with E-state index in [1.54, 1.807) is 0 Å². The van der Waals surface area contributed by atoms with Crippen LogP contribution >= 0.6 is 11.8 Å². The molecule has 4 nitrogen and oxygen atoms in total. The van der Waals surface area contributed by atoms with Crippen LogP contribution < -0.4 is 0 Å². The molecule has 0 aliphatic carbocycles. The summed E-state index contributed by atoms with van der Waals surface area (Å²) in [5, 5.41) is 21.8. The van der Waals surface area contributed by atoms with Gasteiger partial charge in [0.1, 0.15) is 22.2 Å². The van der Waals surface area contributed by atoms with Crippen LogP contribution in [0.15, 0.2) is 144 Å². The van der Waals surface area contributed by atoms with Crippen molar-refractivity contribution in [3.63, 3.8) is 0 Å². The van der Waals surface area contributed by atoms with E-state index in [0.29, 0.717) is 21.2 Å². The van der Waals surface area contributed by atoms with Gasteiger partial charge in [-0.15, -0.1) is 0 Å². The van der Waals surface area contributed by atoms with Crippen molar-refractivity contribution in [2.75, 3.05) is 0 Å². The molecule has 192 valence electrons. The maximum atomic E-state index is 10.4. The molecule has 0 unspecified atom stereocenters. The molecular formula is C36H22N4S. The van der Waals surface area contributed by atoms with Gasteiger partial charge in [0.25, 0.3) is 0 Å². The third-order valence-electron chi connectivity index (χ3n) is 6.70. The normalized spacial score (nSPS) is 10.5. The predicted octanol–water partition coefficient (Wildman–Crippen LogP) is 9.04. The van der Waals surface area contributed by atoms with Gasteiger partial charge < -0.3 is 0 Å². The van der Waals surface area contributed by atoms with Gasteiger partial charge in [-0.1, -0.05) is 121 Å². The summed E-state index contributed by atoms with van der Waals surface area (Å²) < 4.78 is 0. The molecule has 0 fully saturated rings. The third kappa shape index (κ3) is 5.36. The minimum Gasteiger partial charge on any atom is -0.240 e. The molecule has 0 atom stereocenters. The molecule has 0 amide bonds. The molecule has 0 aliphatic heterocycles. The molecule has 4 aromatic carbocycles. The Morgan fingerprint density at radius 3 is 1.07 bits per heavy atom. The van der Waals surface area contributed by atoms with Crippen LogP contribution in [0.25, 0.3) is 44.8 Å². The first-order valence-electron chi connectivity index (χ1n) is 13.0. The number of pyridine rings is 2. The fourth-order valence-electron chi connectivity index (χ4n) is 4.70. The second-order valence-electron chi connectivity index (χ2n) is 9.26. The van der Waals surface area contributed by atoms with Crippen LogP contribution in [-0.4, -0.2) is 9.97 Å². The van der Waals surface area contributed by atoms with E-state index in [4.69, 9.17) is 9.97 Å². The Hall–Kier alpha value is -5.49. The van der Waals surface area contributed by atoms with Crippen LogP contribution in [0.2, 0.25) is 0 Å². The molecule has 0 saturated carbocycles. The fourth-order valence-corrected chi connectivity index (χ4v) is 5.69. The van der Waals surface area contributed by atoms with Crippen molar-refractivity contribution in [3.8, 4) is 56.9 Å². The number of hydrogen-bond acceptors (Lipinski definition) is 5. The predicted molar refractivity (Wildman–Crippen MR) is 164 cm³/mol. The standard InChI is InChI=1S/C36H22N4S/c37-23-31-29(25-13-5-1-6-14-25)21-33(27-17-9-3-10-18-27)39-35(31)41-36-32(24-38)30(26-15-7-2-8-16-26)22-34(40-36)28-19-11-4-12-20-28/h1-22H. The Morgan fingerprint density at radius 1 is 0.439 bits per heavy atom. The average Bonchev–Trinajstić information content (AvgIpc) is 3.05. The fraction of sp³-hybridized carbons (Fsp3) is 0. The average molecular weight is 543 g/mol. The molecule has 6 rings (SSSR count). The summed E-state index contributed by atoms with van der Waals surface area (Å²) >= 11 is 1.26. The second-order valence-corrected chi connectivity index (χ2v) is 10.2. The molecule has 6 aromatic rings. The van der Waals surface area contributed by atoms with E-state index in [-0.39, 0.29) is 0 Å². The van der Waals surface area contributed by atoms with Crippen molar-refractivity contribution < 1.29 is 0 Å². The highest BCUT2D eigenvalue weighted by atomic mass is 32.2. The van der Waals surface area contributed by atoms with E-state index in [2.05, 4.69) is 12.1 Å². The topological polar surface area (TPSA) is 73.4 Å². The smallest absolute Gasteiger partial charge is 0.121 e. The monoisotopic (exact) mass is 542 g/mol. The summed E-state index contributed by atoms with van der Waals surface area (Å²) in [7, 11) is 0. The zero-order valence-corrected chi connectivity index (χ0v) is 22.7. The third-order valence-corrected chi connectivity index (χ3v) is 7.68. The lowest BCUT2D eigenvalue weighted by Gasteiger charge is -2.15. The van der Waals surface area contributed by atoms with Gasteiger partial charge >= 0.3 is 0 Å². The minimum absolute atomic E-state index is 0.443. The van der Waals surface area contributed by atoms with Crippen LogP contribution in [0.5, 0.6) is 0 Å². The number of hydrogen-bond donors (Lipinski definition) is 0. The van der Waals surface area contributed by atoms with E-state index in [0.717, 1.165) is 44.8 Å². The van der Waals surface area contributed by atoms with Crippen molar-refractivity contribution in [2.24, 2.45) is 0 Å². The lowest BCUT2D eigenvalue weighted by molar-refractivity contribution is 1.08. The largest absolute Gasteiger partial charge is 0.240 e. The molecule has 0 bridgehead atoms. The van der Waals surface area contributed by atoms with Gasteiger partial charge in [-0.3, -0.25) is 0 Å². The van der Waals surface area contributed by atoms with Gasteiger partial charge in [0.05, 0.1) is 22.5 Å². The first-order valence-corrected chi connectivity index (χ1v) is 13.9. The molecule has 2 aromatic heterocycles. The number of aromatic nitrogens is 2. The van der Waals surface area contributed by atoms with E-state index >= 15 is 0 Å². The van der Waals surface area contributed by atoms with E-state index in [1.807, 2.05) is 133 Å². The van der Waals surface area contributed by atoms with Gasteiger partial charge in [0, 0.05) is 22.3 Å². The Kier molecular flexibility index (Phi) is 7.36. The van der Waals surface area contributed by atoms with E-state index < -0.39 is 0 Å². The molecule has 0 saturated heterocycles. The van der Waals surface area contributed by atoms with Crippen LogP contribution in [-0.2, 0) is 0 Å². The Bertz CT molecular complexity index is 1770. The van der Waals surface area contributed by atoms with Crippen LogP contribution in [0.4, 0.5) is 0 Å². The van der Waals surface area contributed by atoms with Gasteiger partial charge in [-0.2, -0.15) is 10.5 Å². The summed E-state index contributed by atoms with van der Waals surface area (Å²) in [6.07, 6.45) is 0. The molecule has 0 spiro atoms. The lowest BCUT2D eigenvalue weighted by Crippen LogP contribution is -1.99. The molecule has 5 heteroatoms. The minimum atomic E-state index is 0.443. The van der Waals surface area contributed by atoms with Crippen molar-refractivity contribution in [2.45, 2.75) is 10.1 Å². The second kappa shape index (κ2) is 11.7.